The Morgan fingerprint density at radius 1 is 1.05 bits per heavy atom. The van der Waals surface area contributed by atoms with Crippen molar-refractivity contribution in [3.8, 4) is 11.5 Å². The average Bonchev–Trinajstić information content (AvgIpc) is 3.28. The Kier molecular flexibility index (Phi) is 7.71. The van der Waals surface area contributed by atoms with Crippen molar-refractivity contribution in [2.24, 2.45) is 0 Å². The van der Waals surface area contributed by atoms with Gasteiger partial charge in [0.15, 0.2) is 17.6 Å². The van der Waals surface area contributed by atoms with Crippen LogP contribution in [-0.4, -0.2) is 49.8 Å². The van der Waals surface area contributed by atoms with E-state index in [1.807, 2.05) is 48.5 Å². The number of esters is 1. The van der Waals surface area contributed by atoms with Crippen molar-refractivity contribution in [3.05, 3.63) is 64.8 Å². The molecule has 0 saturated heterocycles. The van der Waals surface area contributed by atoms with Gasteiger partial charge in [0, 0.05) is 11.9 Å². The summed E-state index contributed by atoms with van der Waals surface area (Å²) >= 11 is 0. The Morgan fingerprint density at radius 2 is 1.81 bits per heavy atom. The Labute approximate surface area is 214 Å². The molecule has 0 aliphatic heterocycles. The van der Waals surface area contributed by atoms with Crippen molar-refractivity contribution in [2.45, 2.75) is 32.8 Å². The van der Waals surface area contributed by atoms with Crippen LogP contribution in [0.3, 0.4) is 0 Å². The monoisotopic (exact) mass is 503 g/mol. The largest absolute Gasteiger partial charge is 0.493 e. The molecule has 0 saturated carbocycles. The molecular weight excluding hydrogens is 474 g/mol. The average molecular weight is 504 g/mol. The highest BCUT2D eigenvalue weighted by atomic mass is 16.5. The molecule has 1 aliphatic carbocycles. The van der Waals surface area contributed by atoms with Crippen LogP contribution in [0, 0.1) is 0 Å². The number of para-hydroxylation sites is 1. The molecule has 37 heavy (non-hydrogen) atoms. The number of carbonyl (C=O) groups is 3. The second-order valence-corrected chi connectivity index (χ2v) is 8.51. The fourth-order valence-electron chi connectivity index (χ4n) is 4.35. The lowest BCUT2D eigenvalue weighted by atomic mass is 10.0. The van der Waals surface area contributed by atoms with Crippen LogP contribution >= 0.6 is 0 Å². The van der Waals surface area contributed by atoms with Crippen molar-refractivity contribution in [2.75, 3.05) is 20.8 Å². The number of pyridine rings is 1. The van der Waals surface area contributed by atoms with E-state index in [0.717, 1.165) is 22.4 Å². The smallest absolute Gasteiger partial charge is 0.339 e. The van der Waals surface area contributed by atoms with Crippen LogP contribution in [0.1, 0.15) is 47.4 Å². The number of ether oxygens (including phenoxy) is 3. The maximum absolute atomic E-state index is 13.4. The zero-order chi connectivity index (χ0) is 26.5. The molecule has 1 atom stereocenters. The summed E-state index contributed by atoms with van der Waals surface area (Å²) in [4.78, 5) is 42.3. The molecule has 3 amide bonds. The van der Waals surface area contributed by atoms with E-state index < -0.39 is 24.0 Å². The van der Waals surface area contributed by atoms with Crippen LogP contribution in [0.5, 0.6) is 11.5 Å². The first-order valence-corrected chi connectivity index (χ1v) is 12.0. The third-order valence-electron chi connectivity index (χ3n) is 6.12. The van der Waals surface area contributed by atoms with E-state index in [1.165, 1.54) is 6.92 Å². The molecule has 192 valence electrons. The van der Waals surface area contributed by atoms with Crippen molar-refractivity contribution >= 4 is 40.5 Å². The van der Waals surface area contributed by atoms with E-state index in [0.29, 0.717) is 47.4 Å². The first kappa shape index (κ1) is 25.7. The molecule has 0 spiro atoms. The van der Waals surface area contributed by atoms with E-state index in [4.69, 9.17) is 19.2 Å². The normalized spacial score (nSPS) is 14.1. The minimum absolute atomic E-state index is 0.363. The van der Waals surface area contributed by atoms with Crippen LogP contribution in [0.2, 0.25) is 0 Å². The van der Waals surface area contributed by atoms with Crippen LogP contribution in [0.4, 0.5) is 4.79 Å². The minimum Gasteiger partial charge on any atom is -0.493 e. The summed E-state index contributed by atoms with van der Waals surface area (Å²) < 4.78 is 16.3. The van der Waals surface area contributed by atoms with Gasteiger partial charge in [0.25, 0.3) is 5.91 Å². The molecule has 1 unspecified atom stereocenters. The van der Waals surface area contributed by atoms with Gasteiger partial charge in [-0.05, 0) is 67.7 Å². The number of carbonyl (C=O) groups excluding carboxylic acids is 3. The second kappa shape index (κ2) is 11.1. The molecular formula is C28H29N3O6. The zero-order valence-electron chi connectivity index (χ0n) is 21.2. The Balaban J connectivity index is 1.69. The van der Waals surface area contributed by atoms with E-state index in [1.54, 1.807) is 21.1 Å². The number of fused-ring (bicyclic) bond motifs is 2. The van der Waals surface area contributed by atoms with Crippen molar-refractivity contribution in [1.82, 2.24) is 15.6 Å². The highest BCUT2D eigenvalue weighted by molar-refractivity contribution is 6.08. The van der Waals surface area contributed by atoms with Gasteiger partial charge in [0.05, 0.1) is 31.0 Å². The molecule has 1 aliphatic rings. The first-order valence-electron chi connectivity index (χ1n) is 12.0. The fraction of sp³-hybridized carbons (Fsp3) is 0.286. The van der Waals surface area contributed by atoms with Gasteiger partial charge in [-0.15, -0.1) is 0 Å². The SMILES string of the molecule is CCNC(=O)NC(=O)C(C)OC(=O)c1c2c(nc3ccccc13)/C(=C\c1ccc(OC)c(OC)c1)CC2. The molecule has 1 heterocycles. The molecule has 4 rings (SSSR count). The number of nitrogens with zero attached hydrogens (tertiary/aromatic N) is 1. The summed E-state index contributed by atoms with van der Waals surface area (Å²) in [7, 11) is 3.17. The van der Waals surface area contributed by atoms with Crippen molar-refractivity contribution in [1.29, 1.82) is 0 Å². The van der Waals surface area contributed by atoms with Gasteiger partial charge >= 0.3 is 12.0 Å². The van der Waals surface area contributed by atoms with Crippen LogP contribution < -0.4 is 20.1 Å². The molecule has 9 heteroatoms. The number of aromatic nitrogens is 1. The highest BCUT2D eigenvalue weighted by Crippen LogP contribution is 2.38. The Morgan fingerprint density at radius 3 is 2.54 bits per heavy atom. The number of methoxy groups -OCH3 is 2. The number of benzene rings is 2. The summed E-state index contributed by atoms with van der Waals surface area (Å²) in [5, 5.41) is 5.29. The Bertz CT molecular complexity index is 1400. The van der Waals surface area contributed by atoms with Crippen LogP contribution in [0.25, 0.3) is 22.6 Å². The zero-order valence-corrected chi connectivity index (χ0v) is 21.2. The molecule has 9 nitrogen and oxygen atoms in total. The number of imide groups is 1. The minimum atomic E-state index is -1.17. The van der Waals surface area contributed by atoms with Gasteiger partial charge in [0.1, 0.15) is 0 Å². The lowest BCUT2D eigenvalue weighted by molar-refractivity contribution is -0.127. The molecule has 0 radical (unpaired) electrons. The summed E-state index contributed by atoms with van der Waals surface area (Å²) in [5.74, 6) is -0.0919. The summed E-state index contributed by atoms with van der Waals surface area (Å²) in [6.45, 7) is 3.52. The lowest BCUT2D eigenvalue weighted by Gasteiger charge is -2.16. The maximum atomic E-state index is 13.4. The van der Waals surface area contributed by atoms with Gasteiger partial charge in [-0.25, -0.2) is 14.6 Å². The number of urea groups is 1. The summed E-state index contributed by atoms with van der Waals surface area (Å²) in [6.07, 6.45) is 2.13. The highest BCUT2D eigenvalue weighted by Gasteiger charge is 2.29. The van der Waals surface area contributed by atoms with Gasteiger partial charge in [0.2, 0.25) is 0 Å². The number of hydrogen-bond acceptors (Lipinski definition) is 7. The number of rotatable bonds is 7. The topological polar surface area (TPSA) is 116 Å². The molecule has 0 fully saturated rings. The first-order chi connectivity index (χ1) is 17.9. The molecule has 3 aromatic rings. The standard InChI is InChI=1S/C28H29N3O6/c1-5-29-28(34)31-26(32)16(2)37-27(33)24-19-8-6-7-9-21(19)30-25-18(11-12-20(24)25)14-17-10-13-22(35-3)23(15-17)36-4/h6-10,13-16H,5,11-12H2,1-4H3,(H2,29,31,32,34)/b18-14-. The molecule has 2 N–H and O–H groups in total. The third kappa shape index (κ3) is 5.40. The van der Waals surface area contributed by atoms with Gasteiger partial charge in [-0.2, -0.15) is 0 Å². The van der Waals surface area contributed by atoms with Crippen LogP contribution in [0.15, 0.2) is 42.5 Å². The van der Waals surface area contributed by atoms with Gasteiger partial charge in [-0.3, -0.25) is 10.1 Å². The van der Waals surface area contributed by atoms with E-state index >= 15 is 0 Å². The number of hydrogen-bond donors (Lipinski definition) is 2. The summed E-state index contributed by atoms with van der Waals surface area (Å²) in [5.41, 5.74) is 4.41. The second-order valence-electron chi connectivity index (χ2n) is 8.51. The molecule has 0 bridgehead atoms. The predicted octanol–water partition coefficient (Wildman–Crippen LogP) is 4.13. The predicted molar refractivity (Wildman–Crippen MR) is 140 cm³/mol. The van der Waals surface area contributed by atoms with Gasteiger partial charge in [-0.1, -0.05) is 24.3 Å². The Hall–Kier alpha value is -4.40. The quantitative estimate of drug-likeness (QED) is 0.466. The summed E-state index contributed by atoms with van der Waals surface area (Å²) in [6, 6.07) is 12.3. The third-order valence-corrected chi connectivity index (χ3v) is 6.12. The van der Waals surface area contributed by atoms with E-state index in [-0.39, 0.29) is 0 Å². The van der Waals surface area contributed by atoms with Gasteiger partial charge < -0.3 is 19.5 Å². The van der Waals surface area contributed by atoms with Crippen molar-refractivity contribution in [3.63, 3.8) is 0 Å². The number of nitrogens with one attached hydrogen (secondary N) is 2. The van der Waals surface area contributed by atoms with E-state index in [9.17, 15) is 14.4 Å². The number of allylic oxidation sites excluding steroid dienone is 1. The molecule has 2 aromatic carbocycles. The van der Waals surface area contributed by atoms with E-state index in [2.05, 4.69) is 10.6 Å². The number of amides is 3. The fourth-order valence-corrected chi connectivity index (χ4v) is 4.35. The molecule has 1 aromatic heterocycles. The van der Waals surface area contributed by atoms with Crippen molar-refractivity contribution < 1.29 is 28.6 Å². The maximum Gasteiger partial charge on any atom is 0.339 e. The van der Waals surface area contributed by atoms with Crippen LogP contribution in [-0.2, 0) is 16.0 Å². The lowest BCUT2D eigenvalue weighted by Crippen LogP contribution is -2.44.